The summed E-state index contributed by atoms with van der Waals surface area (Å²) in [4.78, 5) is 22.8. The van der Waals surface area contributed by atoms with Crippen LogP contribution in [0.1, 0.15) is 26.3 Å². The molecule has 0 aliphatic carbocycles. The molecule has 1 aromatic carbocycles. The Bertz CT molecular complexity index is 775. The van der Waals surface area contributed by atoms with Crippen LogP contribution in [-0.2, 0) is 12.1 Å². The molecule has 0 bridgehead atoms. The first-order chi connectivity index (χ1) is 10.2. The first kappa shape index (κ1) is 15.8. The lowest BCUT2D eigenvalue weighted by Crippen LogP contribution is -2.39. The van der Waals surface area contributed by atoms with Crippen molar-refractivity contribution >= 4 is 5.69 Å². The molecule has 0 amide bonds. The normalized spacial score (nSPS) is 11.5. The van der Waals surface area contributed by atoms with Crippen LogP contribution in [0.4, 0.5) is 5.69 Å². The first-order valence-corrected chi connectivity index (χ1v) is 6.90. The number of nitro benzene ring substituents is 1. The maximum Gasteiger partial charge on any atom is 0.271 e. The van der Waals surface area contributed by atoms with Crippen molar-refractivity contribution in [1.82, 2.24) is 9.78 Å². The van der Waals surface area contributed by atoms with Gasteiger partial charge >= 0.3 is 0 Å². The maximum absolute atomic E-state index is 12.3. The number of nitro groups is 1. The SMILES string of the molecule is CCn1nc(-c2cccc([N+](=O)[O-])c2)cc(C(C)(C)N)c1=O. The third-order valence-electron chi connectivity index (χ3n) is 3.32. The number of nitrogens with two attached hydrogens (primary N) is 1. The summed E-state index contributed by atoms with van der Waals surface area (Å²) in [5, 5.41) is 15.2. The molecule has 0 aliphatic rings. The minimum atomic E-state index is -0.827. The average Bonchev–Trinajstić information content (AvgIpc) is 2.46. The predicted octanol–water partition coefficient (Wildman–Crippen LogP) is 2.03. The van der Waals surface area contributed by atoms with Gasteiger partial charge in [-0.15, -0.1) is 0 Å². The Kier molecular flexibility index (Phi) is 4.09. The summed E-state index contributed by atoms with van der Waals surface area (Å²) in [5.74, 6) is 0. The Morgan fingerprint density at radius 3 is 2.59 bits per heavy atom. The van der Waals surface area contributed by atoms with Crippen LogP contribution in [0.3, 0.4) is 0 Å². The third kappa shape index (κ3) is 3.04. The third-order valence-corrected chi connectivity index (χ3v) is 3.32. The van der Waals surface area contributed by atoms with Gasteiger partial charge in [0.2, 0.25) is 0 Å². The van der Waals surface area contributed by atoms with Crippen molar-refractivity contribution in [2.24, 2.45) is 5.73 Å². The van der Waals surface area contributed by atoms with E-state index >= 15 is 0 Å². The lowest BCUT2D eigenvalue weighted by atomic mass is 9.95. The number of hydrogen-bond donors (Lipinski definition) is 1. The molecule has 0 saturated heterocycles. The quantitative estimate of drug-likeness (QED) is 0.687. The topological polar surface area (TPSA) is 104 Å². The van der Waals surface area contributed by atoms with E-state index in [9.17, 15) is 14.9 Å². The minimum Gasteiger partial charge on any atom is -0.322 e. The molecular weight excluding hydrogens is 284 g/mol. The number of benzene rings is 1. The van der Waals surface area contributed by atoms with E-state index in [1.54, 1.807) is 39.0 Å². The molecule has 1 aromatic heterocycles. The fraction of sp³-hybridized carbons (Fsp3) is 0.333. The second kappa shape index (κ2) is 5.69. The van der Waals surface area contributed by atoms with Gasteiger partial charge in [-0.3, -0.25) is 14.9 Å². The molecule has 0 unspecified atom stereocenters. The predicted molar refractivity (Wildman–Crippen MR) is 83.5 cm³/mol. The fourth-order valence-electron chi connectivity index (χ4n) is 2.14. The molecule has 2 rings (SSSR count). The van der Waals surface area contributed by atoms with E-state index in [0.717, 1.165) is 0 Å². The Morgan fingerprint density at radius 2 is 2.05 bits per heavy atom. The van der Waals surface area contributed by atoms with Crippen LogP contribution in [0.25, 0.3) is 11.3 Å². The molecule has 0 saturated carbocycles. The number of rotatable bonds is 4. The van der Waals surface area contributed by atoms with Gasteiger partial charge in [0.25, 0.3) is 11.2 Å². The van der Waals surface area contributed by atoms with E-state index in [4.69, 9.17) is 5.73 Å². The van der Waals surface area contributed by atoms with Crippen molar-refractivity contribution < 1.29 is 4.92 Å². The van der Waals surface area contributed by atoms with Crippen molar-refractivity contribution in [2.75, 3.05) is 0 Å². The zero-order chi connectivity index (χ0) is 16.5. The Labute approximate surface area is 127 Å². The van der Waals surface area contributed by atoms with Crippen LogP contribution >= 0.6 is 0 Å². The number of nitrogens with zero attached hydrogens (tertiary/aromatic N) is 3. The summed E-state index contributed by atoms with van der Waals surface area (Å²) in [6.07, 6.45) is 0. The molecule has 0 atom stereocenters. The van der Waals surface area contributed by atoms with Crippen LogP contribution in [-0.4, -0.2) is 14.7 Å². The van der Waals surface area contributed by atoms with Gasteiger partial charge in [0, 0.05) is 35.3 Å². The molecule has 0 aliphatic heterocycles. The molecule has 22 heavy (non-hydrogen) atoms. The standard InChI is InChI=1S/C15H18N4O3/c1-4-18-14(20)12(15(2,3)16)9-13(17-18)10-6-5-7-11(8-10)19(21)22/h5-9H,4,16H2,1-3H3. The molecule has 116 valence electrons. The first-order valence-electron chi connectivity index (χ1n) is 6.90. The molecule has 2 aromatic rings. The molecule has 7 nitrogen and oxygen atoms in total. The van der Waals surface area contributed by atoms with Gasteiger partial charge in [0.05, 0.1) is 10.6 Å². The summed E-state index contributed by atoms with van der Waals surface area (Å²) in [5.41, 5.74) is 6.44. The minimum absolute atomic E-state index is 0.0258. The van der Waals surface area contributed by atoms with Crippen LogP contribution in [0.2, 0.25) is 0 Å². The zero-order valence-corrected chi connectivity index (χ0v) is 12.7. The molecule has 7 heteroatoms. The van der Waals surface area contributed by atoms with Crippen molar-refractivity contribution in [3.63, 3.8) is 0 Å². The smallest absolute Gasteiger partial charge is 0.271 e. The van der Waals surface area contributed by atoms with Gasteiger partial charge in [0.1, 0.15) is 0 Å². The maximum atomic E-state index is 12.3. The molecule has 0 spiro atoms. The monoisotopic (exact) mass is 302 g/mol. The summed E-state index contributed by atoms with van der Waals surface area (Å²) in [6, 6.07) is 7.75. The molecule has 0 fully saturated rings. The van der Waals surface area contributed by atoms with Crippen LogP contribution in [0.15, 0.2) is 35.1 Å². The zero-order valence-electron chi connectivity index (χ0n) is 12.7. The van der Waals surface area contributed by atoms with E-state index < -0.39 is 10.5 Å². The molecule has 0 radical (unpaired) electrons. The Balaban J connectivity index is 2.68. The number of hydrogen-bond acceptors (Lipinski definition) is 5. The average molecular weight is 302 g/mol. The van der Waals surface area contributed by atoms with Crippen LogP contribution < -0.4 is 11.3 Å². The number of aromatic nitrogens is 2. The Hall–Kier alpha value is -2.54. The van der Waals surface area contributed by atoms with Gasteiger partial charge < -0.3 is 5.73 Å². The highest BCUT2D eigenvalue weighted by molar-refractivity contribution is 5.62. The van der Waals surface area contributed by atoms with Gasteiger partial charge in [-0.25, -0.2) is 4.68 Å². The highest BCUT2D eigenvalue weighted by Crippen LogP contribution is 2.24. The van der Waals surface area contributed by atoms with Crippen molar-refractivity contribution in [3.05, 3.63) is 56.4 Å². The summed E-state index contributed by atoms with van der Waals surface area (Å²) < 4.78 is 1.32. The van der Waals surface area contributed by atoms with E-state index in [0.29, 0.717) is 23.4 Å². The number of aryl methyl sites for hydroxylation is 1. The summed E-state index contributed by atoms with van der Waals surface area (Å²) in [7, 11) is 0. The molecular formula is C15H18N4O3. The summed E-state index contributed by atoms with van der Waals surface area (Å²) >= 11 is 0. The second-order valence-corrected chi connectivity index (χ2v) is 5.59. The summed E-state index contributed by atoms with van der Waals surface area (Å²) in [6.45, 7) is 5.67. The van der Waals surface area contributed by atoms with Gasteiger partial charge in [0.15, 0.2) is 0 Å². The lowest BCUT2D eigenvalue weighted by molar-refractivity contribution is -0.384. The Morgan fingerprint density at radius 1 is 1.36 bits per heavy atom. The van der Waals surface area contributed by atoms with Gasteiger partial charge in [-0.1, -0.05) is 12.1 Å². The largest absolute Gasteiger partial charge is 0.322 e. The van der Waals surface area contributed by atoms with Crippen LogP contribution in [0.5, 0.6) is 0 Å². The van der Waals surface area contributed by atoms with Crippen molar-refractivity contribution in [1.29, 1.82) is 0 Å². The molecule has 1 heterocycles. The van der Waals surface area contributed by atoms with E-state index in [1.165, 1.54) is 16.8 Å². The molecule has 2 N–H and O–H groups in total. The van der Waals surface area contributed by atoms with E-state index in [2.05, 4.69) is 5.10 Å². The van der Waals surface area contributed by atoms with E-state index in [1.807, 2.05) is 0 Å². The fourth-order valence-corrected chi connectivity index (χ4v) is 2.14. The van der Waals surface area contributed by atoms with Gasteiger partial charge in [-0.05, 0) is 26.8 Å². The van der Waals surface area contributed by atoms with Crippen molar-refractivity contribution in [3.8, 4) is 11.3 Å². The highest BCUT2D eigenvalue weighted by Gasteiger charge is 2.22. The second-order valence-electron chi connectivity index (χ2n) is 5.59. The van der Waals surface area contributed by atoms with Crippen LogP contribution in [0, 0.1) is 10.1 Å². The number of non-ortho nitro benzene ring substituents is 1. The van der Waals surface area contributed by atoms with Crippen molar-refractivity contribution in [2.45, 2.75) is 32.9 Å². The van der Waals surface area contributed by atoms with Gasteiger partial charge in [-0.2, -0.15) is 5.10 Å². The lowest BCUT2D eigenvalue weighted by Gasteiger charge is -2.20. The highest BCUT2D eigenvalue weighted by atomic mass is 16.6. The van der Waals surface area contributed by atoms with E-state index in [-0.39, 0.29) is 11.2 Å².